The minimum atomic E-state index is -0.00626. The maximum Gasteiger partial charge on any atom is 0.125 e. The van der Waals surface area contributed by atoms with E-state index in [1.165, 1.54) is 6.42 Å². The average molecular weight is 302 g/mol. The fraction of sp³-hybridized carbons (Fsp3) is 0.667. The zero-order valence-corrected chi connectivity index (χ0v) is 10.7. The van der Waals surface area contributed by atoms with E-state index in [0.29, 0.717) is 5.92 Å². The molecule has 0 saturated heterocycles. The number of ether oxygens (including phenoxy) is 1. The van der Waals surface area contributed by atoms with Crippen molar-refractivity contribution in [2.75, 3.05) is 7.11 Å². The molecule has 1 saturated carbocycles. The molecule has 2 heteroatoms. The van der Waals surface area contributed by atoms with Gasteiger partial charge in [0.25, 0.3) is 0 Å². The third-order valence-electron chi connectivity index (χ3n) is 3.94. The number of hydrogen-bond acceptors (Lipinski definition) is 1. The van der Waals surface area contributed by atoms with Crippen molar-refractivity contribution in [3.8, 4) is 0 Å². The molecule has 4 unspecified atom stereocenters. The van der Waals surface area contributed by atoms with Gasteiger partial charge in [0.05, 0.1) is 0 Å². The molecule has 0 aromatic carbocycles. The van der Waals surface area contributed by atoms with Gasteiger partial charge >= 0.3 is 0 Å². The van der Waals surface area contributed by atoms with Crippen LogP contribution in [0.5, 0.6) is 0 Å². The predicted octanol–water partition coefficient (Wildman–Crippen LogP) is 3.16. The fourth-order valence-corrected chi connectivity index (χ4v) is 3.40. The Morgan fingerprint density at radius 2 is 2.36 bits per heavy atom. The van der Waals surface area contributed by atoms with E-state index in [1.807, 2.05) is 7.11 Å². The van der Waals surface area contributed by atoms with E-state index in [0.717, 1.165) is 17.8 Å². The number of fused-ring (bicyclic) bond motifs is 1. The van der Waals surface area contributed by atoms with Crippen LogP contribution in [-0.2, 0) is 4.74 Å². The van der Waals surface area contributed by atoms with Gasteiger partial charge in [0.2, 0.25) is 0 Å². The molecule has 3 aliphatic rings. The molecular weight excluding hydrogens is 287 g/mol. The first-order chi connectivity index (χ1) is 6.65. The van der Waals surface area contributed by atoms with Gasteiger partial charge in [-0.2, -0.15) is 0 Å². The highest BCUT2D eigenvalue weighted by atomic mass is 127. The van der Waals surface area contributed by atoms with Crippen molar-refractivity contribution in [1.29, 1.82) is 0 Å². The molecule has 0 radical (unpaired) electrons. The van der Waals surface area contributed by atoms with Gasteiger partial charge in [0, 0.05) is 13.0 Å². The lowest BCUT2D eigenvalue weighted by Gasteiger charge is -2.21. The van der Waals surface area contributed by atoms with E-state index < -0.39 is 0 Å². The summed E-state index contributed by atoms with van der Waals surface area (Å²) in [6.07, 6.45) is 8.46. The van der Waals surface area contributed by atoms with E-state index in [4.69, 9.17) is 4.74 Å². The van der Waals surface area contributed by atoms with E-state index in [2.05, 4.69) is 47.7 Å². The van der Waals surface area contributed by atoms with Gasteiger partial charge in [-0.1, -0.05) is 23.8 Å². The SMILES string of the molecule is CO[C@@](C)(I)C1C=C1C1C2C=CCC21. The second kappa shape index (κ2) is 2.85. The van der Waals surface area contributed by atoms with Gasteiger partial charge in [-0.15, -0.1) is 0 Å². The molecule has 0 N–H and O–H groups in total. The number of halogens is 1. The standard InChI is InChI=1S/C12H15IO/c1-12(13,14-2)10-6-9(10)11-7-4-3-5-8(7)11/h3-4,6-8,10-11H,5H2,1-2H3/t7?,8?,10?,11?,12-/m1/s1. The largest absolute Gasteiger partial charge is 0.367 e. The van der Waals surface area contributed by atoms with Gasteiger partial charge in [0.1, 0.15) is 3.61 Å². The van der Waals surface area contributed by atoms with Gasteiger partial charge in [-0.05, 0) is 53.7 Å². The van der Waals surface area contributed by atoms with Crippen LogP contribution < -0.4 is 0 Å². The van der Waals surface area contributed by atoms with Crippen molar-refractivity contribution in [2.45, 2.75) is 17.0 Å². The number of allylic oxidation sites excluding steroid dienone is 2. The summed E-state index contributed by atoms with van der Waals surface area (Å²) in [5, 5.41) is 0. The molecule has 1 fully saturated rings. The lowest BCUT2D eigenvalue weighted by molar-refractivity contribution is 0.0885. The van der Waals surface area contributed by atoms with Crippen molar-refractivity contribution >= 4 is 22.6 Å². The highest BCUT2D eigenvalue weighted by Gasteiger charge is 2.58. The number of alkyl halides is 1. The van der Waals surface area contributed by atoms with Crippen LogP contribution in [0.2, 0.25) is 0 Å². The van der Waals surface area contributed by atoms with Crippen LogP contribution in [0.25, 0.3) is 0 Å². The Morgan fingerprint density at radius 1 is 1.57 bits per heavy atom. The second-order valence-electron chi connectivity index (χ2n) is 4.77. The summed E-state index contributed by atoms with van der Waals surface area (Å²) in [6, 6.07) is 0. The Hall–Kier alpha value is 0.170. The molecular formula is C12H15IO. The van der Waals surface area contributed by atoms with Gasteiger partial charge in [0.15, 0.2) is 0 Å². The first-order valence-electron chi connectivity index (χ1n) is 5.27. The molecule has 0 bridgehead atoms. The first kappa shape index (κ1) is 9.40. The molecule has 76 valence electrons. The Bertz CT molecular complexity index is 329. The van der Waals surface area contributed by atoms with Crippen molar-refractivity contribution in [3.63, 3.8) is 0 Å². The Morgan fingerprint density at radius 3 is 2.93 bits per heavy atom. The van der Waals surface area contributed by atoms with Crippen LogP contribution in [0, 0.1) is 23.7 Å². The topological polar surface area (TPSA) is 9.23 Å². The first-order valence-corrected chi connectivity index (χ1v) is 6.35. The number of methoxy groups -OCH3 is 1. The van der Waals surface area contributed by atoms with E-state index in [9.17, 15) is 0 Å². The third kappa shape index (κ3) is 1.23. The van der Waals surface area contributed by atoms with Crippen molar-refractivity contribution in [2.24, 2.45) is 23.7 Å². The Labute approximate surface area is 98.7 Å². The molecule has 3 rings (SSSR count). The number of rotatable bonds is 3. The quantitative estimate of drug-likeness (QED) is 0.442. The van der Waals surface area contributed by atoms with Gasteiger partial charge in [-0.25, -0.2) is 0 Å². The summed E-state index contributed by atoms with van der Waals surface area (Å²) in [5.41, 5.74) is 1.67. The molecule has 14 heavy (non-hydrogen) atoms. The normalized spacial score (nSPS) is 46.9. The summed E-state index contributed by atoms with van der Waals surface area (Å²) in [7, 11) is 1.81. The van der Waals surface area contributed by atoms with Crippen molar-refractivity contribution < 1.29 is 4.74 Å². The van der Waals surface area contributed by atoms with Crippen LogP contribution >= 0.6 is 22.6 Å². The van der Waals surface area contributed by atoms with E-state index in [-0.39, 0.29) is 3.61 Å². The molecule has 5 atom stereocenters. The smallest absolute Gasteiger partial charge is 0.125 e. The van der Waals surface area contributed by atoms with Crippen molar-refractivity contribution in [1.82, 2.24) is 0 Å². The van der Waals surface area contributed by atoms with Gasteiger partial charge < -0.3 is 4.74 Å². The predicted molar refractivity (Wildman–Crippen MR) is 65.2 cm³/mol. The summed E-state index contributed by atoms with van der Waals surface area (Å²) < 4.78 is 5.50. The molecule has 1 nitrogen and oxygen atoms in total. The average Bonchev–Trinajstić information content (AvgIpc) is 3.02. The summed E-state index contributed by atoms with van der Waals surface area (Å²) >= 11 is 2.42. The summed E-state index contributed by atoms with van der Waals surface area (Å²) in [4.78, 5) is 0. The third-order valence-corrected chi connectivity index (χ3v) is 5.06. The minimum Gasteiger partial charge on any atom is -0.367 e. The maximum atomic E-state index is 5.51. The highest BCUT2D eigenvalue weighted by molar-refractivity contribution is 14.1. The van der Waals surface area contributed by atoms with Crippen LogP contribution in [0.3, 0.4) is 0 Å². The maximum absolute atomic E-state index is 5.51. The number of hydrogen-bond donors (Lipinski definition) is 0. The van der Waals surface area contributed by atoms with Crippen LogP contribution in [0.4, 0.5) is 0 Å². The van der Waals surface area contributed by atoms with Crippen LogP contribution in [0.1, 0.15) is 13.3 Å². The molecule has 3 aliphatic carbocycles. The molecule has 0 aromatic heterocycles. The highest BCUT2D eigenvalue weighted by Crippen LogP contribution is 2.64. The summed E-state index contributed by atoms with van der Waals surface area (Å²) in [6.45, 7) is 2.18. The van der Waals surface area contributed by atoms with Crippen LogP contribution in [-0.4, -0.2) is 10.7 Å². The van der Waals surface area contributed by atoms with Crippen molar-refractivity contribution in [3.05, 3.63) is 23.8 Å². The summed E-state index contributed by atoms with van der Waals surface area (Å²) in [5.74, 6) is 3.33. The zero-order valence-electron chi connectivity index (χ0n) is 8.53. The van der Waals surface area contributed by atoms with E-state index in [1.54, 1.807) is 5.57 Å². The molecule has 0 heterocycles. The lowest BCUT2D eigenvalue weighted by Crippen LogP contribution is -2.23. The van der Waals surface area contributed by atoms with Gasteiger partial charge in [-0.3, -0.25) is 0 Å². The zero-order chi connectivity index (χ0) is 9.92. The Kier molecular flexibility index (Phi) is 1.91. The molecule has 0 aliphatic heterocycles. The second-order valence-corrected chi connectivity index (χ2v) is 6.91. The molecule has 0 amide bonds. The monoisotopic (exact) mass is 302 g/mol. The fourth-order valence-electron chi connectivity index (χ4n) is 2.87. The molecule has 0 aromatic rings. The van der Waals surface area contributed by atoms with Crippen LogP contribution in [0.15, 0.2) is 23.8 Å². The van der Waals surface area contributed by atoms with E-state index >= 15 is 0 Å². The minimum absolute atomic E-state index is 0.00626. The molecule has 0 spiro atoms. The lowest BCUT2D eigenvalue weighted by atomic mass is 10.1. The Balaban J connectivity index is 1.64.